The molecule has 0 atom stereocenters. The number of allylic oxidation sites excluding steroid dienone is 9. The van der Waals surface area contributed by atoms with E-state index in [4.69, 9.17) is 14.8 Å². The maximum atomic E-state index is 11.5. The fraction of sp³-hybridized carbons (Fsp3) is 0.400. The Morgan fingerprint density at radius 1 is 1.16 bits per heavy atom. The van der Waals surface area contributed by atoms with E-state index in [9.17, 15) is 9.59 Å². The molecule has 2 N–H and O–H groups in total. The number of carboxylic acids is 1. The van der Waals surface area contributed by atoms with Crippen molar-refractivity contribution in [1.82, 2.24) is 19.8 Å². The van der Waals surface area contributed by atoms with Crippen LogP contribution in [-0.4, -0.2) is 56.9 Å². The minimum Gasteiger partial charge on any atom is -0.478 e. The predicted molar refractivity (Wildman–Crippen MR) is 180 cm³/mol. The molecule has 2 aliphatic heterocycles. The van der Waals surface area contributed by atoms with Crippen LogP contribution in [0, 0.1) is 12.3 Å². The quantitative estimate of drug-likeness (QED) is 0.176. The number of aromatic nitrogens is 2. The molecule has 0 aliphatic carbocycles. The van der Waals surface area contributed by atoms with E-state index in [0.29, 0.717) is 12.1 Å². The van der Waals surface area contributed by atoms with Gasteiger partial charge in [-0.25, -0.2) is 14.6 Å². The molecule has 0 unspecified atom stereocenters. The van der Waals surface area contributed by atoms with Gasteiger partial charge in [-0.1, -0.05) is 75.6 Å². The number of carbonyl (C=O) groups is 2. The summed E-state index contributed by atoms with van der Waals surface area (Å²) in [6.45, 7) is 24.3. The fourth-order valence-electron chi connectivity index (χ4n) is 4.15. The molecule has 1 spiro atoms. The second kappa shape index (κ2) is 21.4. The zero-order valence-electron chi connectivity index (χ0n) is 27.0. The molecule has 3 rings (SSSR count). The summed E-state index contributed by atoms with van der Waals surface area (Å²) in [6, 6.07) is 0. The molecule has 0 radical (unpaired) electrons. The Labute approximate surface area is 258 Å². The third-order valence-electron chi connectivity index (χ3n) is 6.32. The number of terminal acetylenes is 1. The number of hydrogen-bond donors (Lipinski definition) is 2. The van der Waals surface area contributed by atoms with Gasteiger partial charge in [0.05, 0.1) is 17.9 Å². The number of piperidine rings is 1. The van der Waals surface area contributed by atoms with Crippen molar-refractivity contribution in [3.63, 3.8) is 0 Å². The van der Waals surface area contributed by atoms with E-state index in [1.807, 2.05) is 75.6 Å². The maximum absolute atomic E-state index is 11.5. The van der Waals surface area contributed by atoms with Crippen LogP contribution >= 0.6 is 0 Å². The van der Waals surface area contributed by atoms with Crippen molar-refractivity contribution in [3.8, 4) is 12.3 Å². The first-order valence-corrected chi connectivity index (χ1v) is 14.6. The van der Waals surface area contributed by atoms with Crippen molar-refractivity contribution in [1.29, 1.82) is 0 Å². The monoisotopic (exact) mass is 590 g/mol. The summed E-state index contributed by atoms with van der Waals surface area (Å²) >= 11 is 0. The van der Waals surface area contributed by atoms with Gasteiger partial charge in [0.15, 0.2) is 0 Å². The molecule has 43 heavy (non-hydrogen) atoms. The molecule has 2 saturated heterocycles. The zero-order valence-corrected chi connectivity index (χ0v) is 27.0. The van der Waals surface area contributed by atoms with Gasteiger partial charge in [0.1, 0.15) is 11.4 Å². The number of likely N-dealkylation sites (tertiary alicyclic amines) is 1. The Balaban J connectivity index is 0.00000106. The highest BCUT2D eigenvalue weighted by Crippen LogP contribution is 2.31. The van der Waals surface area contributed by atoms with Crippen LogP contribution in [0.1, 0.15) is 78.5 Å². The number of carboxylic acid groups (broad SMARTS) is 1. The van der Waals surface area contributed by atoms with E-state index in [-0.39, 0.29) is 11.7 Å². The summed E-state index contributed by atoms with van der Waals surface area (Å²) < 4.78 is 7.57. The van der Waals surface area contributed by atoms with Crippen molar-refractivity contribution < 1.29 is 19.4 Å². The normalized spacial score (nSPS) is 16.0. The van der Waals surface area contributed by atoms with Crippen LogP contribution in [0.2, 0.25) is 0 Å². The van der Waals surface area contributed by atoms with Gasteiger partial charge < -0.3 is 19.7 Å². The largest absolute Gasteiger partial charge is 0.478 e. The molecule has 0 saturated carbocycles. The molecule has 3 heterocycles. The summed E-state index contributed by atoms with van der Waals surface area (Å²) in [5.74, 6) is 2.23. The van der Waals surface area contributed by atoms with Crippen molar-refractivity contribution in [3.05, 3.63) is 84.6 Å². The Bertz CT molecular complexity index is 1250. The van der Waals surface area contributed by atoms with Crippen molar-refractivity contribution in [2.24, 2.45) is 0 Å². The van der Waals surface area contributed by atoms with Gasteiger partial charge in [-0.05, 0) is 46.3 Å². The minimum absolute atomic E-state index is 0.300. The molecule has 1 aromatic rings. The molecule has 8 nitrogen and oxygen atoms in total. The Morgan fingerprint density at radius 2 is 1.77 bits per heavy atom. The number of alkyl carbamates (subject to hydrolysis) is 1. The van der Waals surface area contributed by atoms with Crippen LogP contribution in [0.15, 0.2) is 67.3 Å². The van der Waals surface area contributed by atoms with Crippen LogP contribution < -0.4 is 5.32 Å². The topological polar surface area (TPSA) is 96.7 Å². The van der Waals surface area contributed by atoms with Gasteiger partial charge in [0.25, 0.3) is 0 Å². The van der Waals surface area contributed by atoms with Crippen molar-refractivity contribution in [2.75, 3.05) is 19.6 Å². The number of nitrogens with one attached hydrogen (secondary N) is 1. The molecule has 2 aliphatic rings. The van der Waals surface area contributed by atoms with Crippen molar-refractivity contribution >= 4 is 29.9 Å². The number of hydrogen-bond acceptors (Lipinski definition) is 5. The third kappa shape index (κ3) is 13.0. The SMILES string of the molecule is C#CC.C/C=C\C=C(/C)C(=O)O.C=Cn1c(/C=C\C)nc(C(=C)/C=C\C=C/C)c1CN1CCC2(CC1)CNC(=O)O2.CC. The van der Waals surface area contributed by atoms with E-state index >= 15 is 0 Å². The number of rotatable bonds is 9. The van der Waals surface area contributed by atoms with Crippen LogP contribution in [0.25, 0.3) is 17.8 Å². The van der Waals surface area contributed by atoms with Gasteiger partial charge in [-0.15, -0.1) is 12.3 Å². The molecule has 8 heteroatoms. The number of amides is 1. The average molecular weight is 591 g/mol. The zero-order chi connectivity index (χ0) is 32.8. The average Bonchev–Trinajstić information content (AvgIpc) is 3.54. The van der Waals surface area contributed by atoms with E-state index in [1.54, 1.807) is 38.3 Å². The lowest BCUT2D eigenvalue weighted by atomic mass is 9.91. The summed E-state index contributed by atoms with van der Waals surface area (Å²) in [5.41, 5.74) is 2.83. The number of carbonyl (C=O) groups excluding carboxylic acids is 1. The lowest BCUT2D eigenvalue weighted by Crippen LogP contribution is -2.46. The summed E-state index contributed by atoms with van der Waals surface area (Å²) in [4.78, 5) is 28.8. The molecule has 0 aromatic carbocycles. The van der Waals surface area contributed by atoms with Crippen LogP contribution in [0.4, 0.5) is 4.79 Å². The summed E-state index contributed by atoms with van der Waals surface area (Å²) in [6.07, 6.45) is 24.7. The molecule has 234 valence electrons. The van der Waals surface area contributed by atoms with E-state index in [0.717, 1.165) is 55.3 Å². The van der Waals surface area contributed by atoms with Crippen LogP contribution in [-0.2, 0) is 16.1 Å². The Kier molecular flexibility index (Phi) is 19.2. The van der Waals surface area contributed by atoms with E-state index in [2.05, 4.69) is 35.7 Å². The number of imidazole rings is 1. The lowest BCUT2D eigenvalue weighted by molar-refractivity contribution is -0.132. The number of nitrogens with zero attached hydrogens (tertiary/aromatic N) is 3. The first-order chi connectivity index (χ1) is 20.6. The number of ether oxygens (including phenoxy) is 1. The Hall–Kier alpha value is -4.35. The van der Waals surface area contributed by atoms with E-state index in [1.165, 1.54) is 0 Å². The van der Waals surface area contributed by atoms with Gasteiger partial charge in [-0.2, -0.15) is 0 Å². The summed E-state index contributed by atoms with van der Waals surface area (Å²) in [5, 5.41) is 11.1. The highest BCUT2D eigenvalue weighted by Gasteiger charge is 2.42. The predicted octanol–water partition coefficient (Wildman–Crippen LogP) is 7.50. The smallest absolute Gasteiger partial charge is 0.407 e. The van der Waals surface area contributed by atoms with Gasteiger partial charge in [-0.3, -0.25) is 4.90 Å². The molecule has 2 fully saturated rings. The second-order valence-corrected chi connectivity index (χ2v) is 9.40. The fourth-order valence-corrected chi connectivity index (χ4v) is 4.15. The minimum atomic E-state index is -0.867. The van der Waals surface area contributed by atoms with Gasteiger partial charge >= 0.3 is 12.1 Å². The molecular weight excluding hydrogens is 540 g/mol. The lowest BCUT2D eigenvalue weighted by Gasteiger charge is -2.37. The van der Waals surface area contributed by atoms with Gasteiger partial charge in [0.2, 0.25) is 0 Å². The molecule has 0 bridgehead atoms. The first-order valence-electron chi connectivity index (χ1n) is 14.6. The number of aliphatic carboxylic acids is 1. The molecule has 1 aromatic heterocycles. The first kappa shape index (κ1) is 38.6. The second-order valence-electron chi connectivity index (χ2n) is 9.40. The van der Waals surface area contributed by atoms with E-state index < -0.39 is 5.97 Å². The molecule has 1 amide bonds. The summed E-state index contributed by atoms with van der Waals surface area (Å²) in [7, 11) is 0. The van der Waals surface area contributed by atoms with Crippen molar-refractivity contribution in [2.45, 2.75) is 73.5 Å². The third-order valence-corrected chi connectivity index (χ3v) is 6.32. The Morgan fingerprint density at radius 3 is 2.23 bits per heavy atom. The maximum Gasteiger partial charge on any atom is 0.407 e. The highest BCUT2D eigenvalue weighted by atomic mass is 16.6. The molecular formula is C35H50N4O4. The van der Waals surface area contributed by atoms with Gasteiger partial charge in [0, 0.05) is 44.2 Å². The van der Waals surface area contributed by atoms with Crippen LogP contribution in [0.3, 0.4) is 0 Å². The highest BCUT2D eigenvalue weighted by molar-refractivity contribution is 5.86. The van der Waals surface area contributed by atoms with Crippen LogP contribution in [0.5, 0.6) is 0 Å². The standard InChI is InChI=1S/C23H30N4O2.C7H10O2.C3H4.C2H6/c1-5-8-9-11-18(4)21-19(27(7-3)20(25-21)10-6-2)16-26-14-12-23(13-15-26)17-24-22(28)29-23;1-3-4-5-6(2)7(8)9;1-3-2;1-2/h5-11H,3-4,12-17H2,1-2H3,(H,24,28);3-5H,1-2H3,(H,8,9);1H,2H3;1-2H3/b8-5-,10-6-,11-9-;4-3-,6-5+;;.